The maximum atomic E-state index is 12.3. The van der Waals surface area contributed by atoms with Crippen LogP contribution in [-0.4, -0.2) is 24.2 Å². The number of anilines is 1. The fourth-order valence-corrected chi connectivity index (χ4v) is 2.37. The predicted octanol–water partition coefficient (Wildman–Crippen LogP) is 2.36. The molecule has 0 saturated heterocycles. The molecule has 1 aliphatic heterocycles. The summed E-state index contributed by atoms with van der Waals surface area (Å²) in [6.45, 7) is 0. The number of ether oxygens (including phenoxy) is 1. The van der Waals surface area contributed by atoms with Gasteiger partial charge in [0.1, 0.15) is 11.5 Å². The number of rotatable bonds is 2. The molecule has 0 saturated carbocycles. The number of carbonyl (C=O) groups is 1. The Morgan fingerprint density at radius 3 is 2.70 bits per heavy atom. The number of benzene rings is 2. The minimum absolute atomic E-state index is 0.0768. The Bertz CT molecular complexity index is 639. The molecular formula is C16H15NO3. The quantitative estimate of drug-likeness (QED) is 0.910. The summed E-state index contributed by atoms with van der Waals surface area (Å²) >= 11 is 0. The van der Waals surface area contributed by atoms with E-state index < -0.39 is 6.10 Å². The van der Waals surface area contributed by atoms with Crippen LogP contribution in [0.25, 0.3) is 0 Å². The zero-order valence-electron chi connectivity index (χ0n) is 11.1. The Labute approximate surface area is 117 Å². The summed E-state index contributed by atoms with van der Waals surface area (Å²) in [6, 6.07) is 14.5. The molecule has 3 rings (SSSR count). The van der Waals surface area contributed by atoms with Crippen LogP contribution < -0.4 is 9.64 Å². The van der Waals surface area contributed by atoms with Crippen molar-refractivity contribution in [3.05, 3.63) is 54.1 Å². The van der Waals surface area contributed by atoms with Crippen molar-refractivity contribution in [2.75, 3.05) is 11.9 Å². The third-order valence-electron chi connectivity index (χ3n) is 3.44. The van der Waals surface area contributed by atoms with Gasteiger partial charge >= 0.3 is 0 Å². The van der Waals surface area contributed by atoms with Crippen molar-refractivity contribution in [2.45, 2.75) is 12.5 Å². The van der Waals surface area contributed by atoms with Crippen LogP contribution >= 0.6 is 0 Å². The van der Waals surface area contributed by atoms with Gasteiger partial charge in [0.15, 0.2) is 6.10 Å². The molecule has 0 fully saturated rings. The molecule has 0 bridgehead atoms. The van der Waals surface area contributed by atoms with E-state index >= 15 is 0 Å². The normalized spacial score (nSPS) is 17.6. The highest BCUT2D eigenvalue weighted by molar-refractivity contribution is 5.99. The number of fused-ring (bicyclic) bond motifs is 1. The van der Waals surface area contributed by atoms with Crippen molar-refractivity contribution in [2.24, 2.45) is 0 Å². The lowest BCUT2D eigenvalue weighted by Crippen LogP contribution is -2.44. The van der Waals surface area contributed by atoms with Gasteiger partial charge in [-0.15, -0.1) is 0 Å². The zero-order chi connectivity index (χ0) is 14.1. The number of hydrogen-bond acceptors (Lipinski definition) is 3. The van der Waals surface area contributed by atoms with Crippen LogP contribution in [0.1, 0.15) is 5.56 Å². The molecule has 0 radical (unpaired) electrons. The summed E-state index contributed by atoms with van der Waals surface area (Å²) in [5, 5.41) is 9.53. The van der Waals surface area contributed by atoms with Crippen LogP contribution in [0.2, 0.25) is 0 Å². The first-order valence-corrected chi connectivity index (χ1v) is 6.46. The monoisotopic (exact) mass is 269 g/mol. The molecule has 4 heteroatoms. The molecule has 1 N–H and O–H groups in total. The second kappa shape index (κ2) is 4.89. The summed E-state index contributed by atoms with van der Waals surface area (Å²) in [5.41, 5.74) is 1.72. The van der Waals surface area contributed by atoms with Gasteiger partial charge in [0.2, 0.25) is 0 Å². The smallest absolute Gasteiger partial charge is 0.268 e. The molecule has 2 aromatic rings. The van der Waals surface area contributed by atoms with Gasteiger partial charge < -0.3 is 14.7 Å². The third-order valence-corrected chi connectivity index (χ3v) is 3.44. The van der Waals surface area contributed by atoms with Gasteiger partial charge in [-0.05, 0) is 17.7 Å². The van der Waals surface area contributed by atoms with Gasteiger partial charge in [0.25, 0.3) is 5.91 Å². The number of hydrogen-bond donors (Lipinski definition) is 1. The summed E-state index contributed by atoms with van der Waals surface area (Å²) in [7, 11) is 1.72. The van der Waals surface area contributed by atoms with E-state index in [1.165, 1.54) is 6.07 Å². The van der Waals surface area contributed by atoms with E-state index in [1.807, 2.05) is 30.3 Å². The fraction of sp³-hybridized carbons (Fsp3) is 0.188. The molecule has 1 unspecified atom stereocenters. The average Bonchev–Trinajstić information content (AvgIpc) is 2.45. The fourth-order valence-electron chi connectivity index (χ4n) is 2.37. The van der Waals surface area contributed by atoms with Gasteiger partial charge in [-0.1, -0.05) is 30.3 Å². The number of carbonyl (C=O) groups excluding carboxylic acids is 1. The molecular weight excluding hydrogens is 254 g/mol. The lowest BCUT2D eigenvalue weighted by atomic mass is 10.1. The first kappa shape index (κ1) is 12.5. The van der Waals surface area contributed by atoms with E-state index in [2.05, 4.69) is 0 Å². The largest absolute Gasteiger partial charge is 0.508 e. The van der Waals surface area contributed by atoms with Crippen LogP contribution in [0.15, 0.2) is 48.5 Å². The van der Waals surface area contributed by atoms with Crippen LogP contribution in [0, 0.1) is 0 Å². The van der Waals surface area contributed by atoms with Crippen LogP contribution in [-0.2, 0) is 11.2 Å². The molecule has 1 aliphatic rings. The van der Waals surface area contributed by atoms with E-state index in [0.717, 1.165) is 5.56 Å². The lowest BCUT2D eigenvalue weighted by molar-refractivity contribution is -0.125. The molecule has 1 heterocycles. The molecule has 0 spiro atoms. The SMILES string of the molecule is CN1C(=O)C(Cc2ccccc2)Oc2cc(O)ccc21. The van der Waals surface area contributed by atoms with Crippen LogP contribution in [0.3, 0.4) is 0 Å². The number of nitrogens with zero attached hydrogens (tertiary/aromatic N) is 1. The standard InChI is InChI=1S/C16H15NO3/c1-17-13-8-7-12(18)10-14(13)20-15(16(17)19)9-11-5-3-2-4-6-11/h2-8,10,15,18H,9H2,1H3. The topological polar surface area (TPSA) is 49.8 Å². The summed E-state index contributed by atoms with van der Waals surface area (Å²) in [6.07, 6.45) is -0.0456. The summed E-state index contributed by atoms with van der Waals surface area (Å²) in [5.74, 6) is 0.588. The average molecular weight is 269 g/mol. The van der Waals surface area contributed by atoms with Gasteiger partial charge in [0.05, 0.1) is 5.69 Å². The van der Waals surface area contributed by atoms with Crippen molar-refractivity contribution in [1.82, 2.24) is 0 Å². The minimum atomic E-state index is -0.559. The maximum absolute atomic E-state index is 12.3. The molecule has 20 heavy (non-hydrogen) atoms. The van der Waals surface area contributed by atoms with E-state index in [-0.39, 0.29) is 11.7 Å². The molecule has 2 aromatic carbocycles. The van der Waals surface area contributed by atoms with E-state index in [4.69, 9.17) is 4.74 Å². The maximum Gasteiger partial charge on any atom is 0.268 e. The second-order valence-corrected chi connectivity index (χ2v) is 4.85. The Morgan fingerprint density at radius 1 is 1.20 bits per heavy atom. The Balaban J connectivity index is 1.89. The van der Waals surface area contributed by atoms with E-state index in [9.17, 15) is 9.90 Å². The van der Waals surface area contributed by atoms with Crippen molar-refractivity contribution in [3.63, 3.8) is 0 Å². The molecule has 0 aromatic heterocycles. The number of phenolic OH excluding ortho intramolecular Hbond substituents is 1. The molecule has 4 nitrogen and oxygen atoms in total. The molecule has 102 valence electrons. The van der Waals surface area contributed by atoms with E-state index in [0.29, 0.717) is 17.9 Å². The van der Waals surface area contributed by atoms with Gasteiger partial charge in [-0.2, -0.15) is 0 Å². The highest BCUT2D eigenvalue weighted by Crippen LogP contribution is 2.36. The van der Waals surface area contributed by atoms with E-state index in [1.54, 1.807) is 24.1 Å². The molecule has 0 aliphatic carbocycles. The first-order valence-electron chi connectivity index (χ1n) is 6.46. The Hall–Kier alpha value is -2.49. The molecule has 1 atom stereocenters. The van der Waals surface area contributed by atoms with Gasteiger partial charge in [-0.25, -0.2) is 0 Å². The zero-order valence-corrected chi connectivity index (χ0v) is 11.1. The summed E-state index contributed by atoms with van der Waals surface area (Å²) in [4.78, 5) is 13.9. The highest BCUT2D eigenvalue weighted by Gasteiger charge is 2.32. The van der Waals surface area contributed by atoms with Crippen LogP contribution in [0.4, 0.5) is 5.69 Å². The number of amides is 1. The first-order chi connectivity index (χ1) is 9.65. The highest BCUT2D eigenvalue weighted by atomic mass is 16.5. The van der Waals surface area contributed by atoms with Crippen molar-refractivity contribution < 1.29 is 14.6 Å². The number of likely N-dealkylation sites (N-methyl/N-ethyl adjacent to an activating group) is 1. The number of phenols is 1. The predicted molar refractivity (Wildman–Crippen MR) is 76.1 cm³/mol. The van der Waals surface area contributed by atoms with Gasteiger partial charge in [0, 0.05) is 19.5 Å². The number of aromatic hydroxyl groups is 1. The Kier molecular flexibility index (Phi) is 3.06. The molecule has 1 amide bonds. The van der Waals surface area contributed by atoms with Crippen molar-refractivity contribution in [3.8, 4) is 11.5 Å². The third kappa shape index (κ3) is 2.20. The van der Waals surface area contributed by atoms with Crippen molar-refractivity contribution >= 4 is 11.6 Å². The Morgan fingerprint density at radius 2 is 1.95 bits per heavy atom. The van der Waals surface area contributed by atoms with Gasteiger partial charge in [-0.3, -0.25) is 4.79 Å². The second-order valence-electron chi connectivity index (χ2n) is 4.85. The van der Waals surface area contributed by atoms with Crippen LogP contribution in [0.5, 0.6) is 11.5 Å². The van der Waals surface area contributed by atoms with Crippen molar-refractivity contribution in [1.29, 1.82) is 0 Å². The lowest BCUT2D eigenvalue weighted by Gasteiger charge is -2.32. The minimum Gasteiger partial charge on any atom is -0.508 e. The summed E-state index contributed by atoms with van der Waals surface area (Å²) < 4.78 is 5.75.